The van der Waals surface area contributed by atoms with Crippen LogP contribution in [0.15, 0.2) is 12.1 Å². The Morgan fingerprint density at radius 1 is 1.26 bits per heavy atom. The van der Waals surface area contributed by atoms with Gasteiger partial charge in [0.25, 0.3) is 0 Å². The van der Waals surface area contributed by atoms with Crippen LogP contribution in [0.3, 0.4) is 0 Å². The zero-order valence-corrected chi connectivity index (χ0v) is 12.8. The Balaban J connectivity index is 2.54. The summed E-state index contributed by atoms with van der Waals surface area (Å²) >= 11 is 0. The number of rotatable bonds is 2. The van der Waals surface area contributed by atoms with Crippen LogP contribution in [0.25, 0.3) is 0 Å². The van der Waals surface area contributed by atoms with Crippen molar-refractivity contribution in [3.8, 4) is 5.75 Å². The predicted octanol–water partition coefficient (Wildman–Crippen LogP) is 3.96. The number of benzene rings is 1. The van der Waals surface area contributed by atoms with Gasteiger partial charge in [0.15, 0.2) is 0 Å². The summed E-state index contributed by atoms with van der Waals surface area (Å²) in [5, 5.41) is 11.2. The summed E-state index contributed by atoms with van der Waals surface area (Å²) in [5.41, 5.74) is 2.57. The molecule has 0 heterocycles. The van der Waals surface area contributed by atoms with Crippen LogP contribution < -0.4 is 4.74 Å². The number of aryl methyl sites for hydroxylation is 1. The lowest BCUT2D eigenvalue weighted by molar-refractivity contribution is -0.0702. The van der Waals surface area contributed by atoms with Crippen molar-refractivity contribution in [1.29, 1.82) is 0 Å². The van der Waals surface area contributed by atoms with Gasteiger partial charge in [0.2, 0.25) is 0 Å². The molecule has 106 valence electrons. The highest BCUT2D eigenvalue weighted by Gasteiger charge is 2.43. The minimum absolute atomic E-state index is 0.261. The first-order valence-corrected chi connectivity index (χ1v) is 7.29. The van der Waals surface area contributed by atoms with Crippen molar-refractivity contribution in [1.82, 2.24) is 0 Å². The molecule has 2 rings (SSSR count). The summed E-state index contributed by atoms with van der Waals surface area (Å²) in [7, 11) is 1.70. The van der Waals surface area contributed by atoms with Gasteiger partial charge in [0, 0.05) is 5.56 Å². The number of hydrogen-bond acceptors (Lipinski definition) is 2. The van der Waals surface area contributed by atoms with Crippen LogP contribution in [-0.4, -0.2) is 12.2 Å². The summed E-state index contributed by atoms with van der Waals surface area (Å²) in [6.07, 6.45) is 3.12. The fourth-order valence-corrected chi connectivity index (χ4v) is 3.42. The first-order chi connectivity index (χ1) is 8.91. The molecular weight excluding hydrogens is 236 g/mol. The third-order valence-corrected chi connectivity index (χ3v) is 5.17. The van der Waals surface area contributed by atoms with Gasteiger partial charge in [-0.05, 0) is 49.7 Å². The van der Waals surface area contributed by atoms with Crippen LogP contribution in [0.2, 0.25) is 0 Å². The fourth-order valence-electron chi connectivity index (χ4n) is 3.42. The third-order valence-electron chi connectivity index (χ3n) is 5.17. The second kappa shape index (κ2) is 5.16. The molecule has 1 aliphatic carbocycles. The van der Waals surface area contributed by atoms with Crippen LogP contribution in [0.4, 0.5) is 0 Å². The average molecular weight is 262 g/mol. The van der Waals surface area contributed by atoms with Crippen molar-refractivity contribution >= 4 is 0 Å². The largest absolute Gasteiger partial charge is 0.496 e. The van der Waals surface area contributed by atoms with Crippen molar-refractivity contribution in [2.75, 3.05) is 7.11 Å². The van der Waals surface area contributed by atoms with E-state index < -0.39 is 5.60 Å². The zero-order valence-electron chi connectivity index (χ0n) is 12.8. The molecular formula is C17H26O2. The summed E-state index contributed by atoms with van der Waals surface area (Å²) in [6.45, 7) is 8.55. The van der Waals surface area contributed by atoms with Gasteiger partial charge in [0.1, 0.15) is 5.75 Å². The van der Waals surface area contributed by atoms with Gasteiger partial charge < -0.3 is 9.84 Å². The Kier molecular flexibility index (Phi) is 3.91. The van der Waals surface area contributed by atoms with Gasteiger partial charge in [-0.15, -0.1) is 0 Å². The van der Waals surface area contributed by atoms with Crippen LogP contribution in [-0.2, 0) is 5.60 Å². The quantitative estimate of drug-likeness (QED) is 0.874. The van der Waals surface area contributed by atoms with E-state index in [2.05, 4.69) is 39.8 Å². The normalized spacial score (nSPS) is 31.3. The molecule has 0 spiro atoms. The fraction of sp³-hybridized carbons (Fsp3) is 0.647. The SMILES string of the molecule is COc1c(C2(O)CCCC(C)C2C)ccc(C)c1C. The molecule has 3 unspecified atom stereocenters. The molecule has 1 aliphatic rings. The molecule has 0 aromatic heterocycles. The Hall–Kier alpha value is -1.02. The maximum Gasteiger partial charge on any atom is 0.128 e. The first kappa shape index (κ1) is 14.4. The Bertz CT molecular complexity index is 467. The van der Waals surface area contributed by atoms with Crippen molar-refractivity contribution < 1.29 is 9.84 Å². The number of methoxy groups -OCH3 is 1. The summed E-state index contributed by atoms with van der Waals surface area (Å²) < 4.78 is 5.60. The maximum absolute atomic E-state index is 11.2. The standard InChI is InChI=1S/C17H26O2/c1-11-8-9-15(16(19-5)13(11)3)17(18)10-6-7-12(2)14(17)4/h8-9,12,14,18H,6-7,10H2,1-5H3. The highest BCUT2D eigenvalue weighted by Crippen LogP contribution is 2.48. The van der Waals surface area contributed by atoms with Crippen molar-refractivity contribution in [2.45, 2.75) is 52.6 Å². The van der Waals surface area contributed by atoms with Gasteiger partial charge in [-0.1, -0.05) is 32.4 Å². The second-order valence-corrected chi connectivity index (χ2v) is 6.17. The van der Waals surface area contributed by atoms with Crippen molar-refractivity contribution in [2.24, 2.45) is 11.8 Å². The molecule has 0 bridgehead atoms. The van der Waals surface area contributed by atoms with E-state index in [0.717, 1.165) is 29.7 Å². The van der Waals surface area contributed by atoms with E-state index >= 15 is 0 Å². The highest BCUT2D eigenvalue weighted by atomic mass is 16.5. The van der Waals surface area contributed by atoms with Crippen molar-refractivity contribution in [3.63, 3.8) is 0 Å². The smallest absolute Gasteiger partial charge is 0.128 e. The number of aliphatic hydroxyl groups is 1. The van der Waals surface area contributed by atoms with E-state index in [1.54, 1.807) is 7.11 Å². The van der Waals surface area contributed by atoms with E-state index in [4.69, 9.17) is 4.74 Å². The maximum atomic E-state index is 11.2. The molecule has 0 radical (unpaired) electrons. The van der Waals surface area contributed by atoms with Crippen LogP contribution in [0.1, 0.15) is 49.8 Å². The molecule has 0 amide bonds. The number of ether oxygens (including phenoxy) is 1. The van der Waals surface area contributed by atoms with Gasteiger partial charge in [-0.3, -0.25) is 0 Å². The molecule has 1 fully saturated rings. The molecule has 1 aromatic rings. The van der Waals surface area contributed by atoms with Crippen LogP contribution >= 0.6 is 0 Å². The van der Waals surface area contributed by atoms with Gasteiger partial charge in [-0.25, -0.2) is 0 Å². The molecule has 0 saturated heterocycles. The Morgan fingerprint density at radius 2 is 1.95 bits per heavy atom. The first-order valence-electron chi connectivity index (χ1n) is 7.29. The van der Waals surface area contributed by atoms with Crippen LogP contribution in [0.5, 0.6) is 5.75 Å². The van der Waals surface area contributed by atoms with Crippen LogP contribution in [0, 0.1) is 25.7 Å². The topological polar surface area (TPSA) is 29.5 Å². The molecule has 19 heavy (non-hydrogen) atoms. The molecule has 2 nitrogen and oxygen atoms in total. The molecule has 2 heteroatoms. The highest BCUT2D eigenvalue weighted by molar-refractivity contribution is 5.48. The minimum atomic E-state index is -0.749. The second-order valence-electron chi connectivity index (χ2n) is 6.17. The lowest BCUT2D eigenvalue weighted by Gasteiger charge is -2.43. The number of hydrogen-bond donors (Lipinski definition) is 1. The van der Waals surface area contributed by atoms with E-state index in [9.17, 15) is 5.11 Å². The van der Waals surface area contributed by atoms with Gasteiger partial charge in [0.05, 0.1) is 12.7 Å². The summed E-state index contributed by atoms with van der Waals surface area (Å²) in [6, 6.07) is 4.15. The zero-order chi connectivity index (χ0) is 14.2. The Labute approximate surface area is 116 Å². The van der Waals surface area contributed by atoms with E-state index in [1.807, 2.05) is 0 Å². The minimum Gasteiger partial charge on any atom is -0.496 e. The van der Waals surface area contributed by atoms with Gasteiger partial charge >= 0.3 is 0 Å². The third kappa shape index (κ3) is 2.27. The molecule has 0 aliphatic heterocycles. The van der Waals surface area contributed by atoms with E-state index in [1.165, 1.54) is 12.0 Å². The predicted molar refractivity (Wildman–Crippen MR) is 78.5 cm³/mol. The lowest BCUT2D eigenvalue weighted by Crippen LogP contribution is -2.40. The lowest BCUT2D eigenvalue weighted by atomic mass is 9.67. The average Bonchev–Trinajstić information content (AvgIpc) is 2.39. The molecule has 1 N–H and O–H groups in total. The molecule has 1 saturated carbocycles. The van der Waals surface area contributed by atoms with Gasteiger partial charge in [-0.2, -0.15) is 0 Å². The Morgan fingerprint density at radius 3 is 2.58 bits per heavy atom. The summed E-state index contributed by atoms with van der Waals surface area (Å²) in [5.74, 6) is 1.67. The molecule has 1 aromatic carbocycles. The monoisotopic (exact) mass is 262 g/mol. The van der Waals surface area contributed by atoms with E-state index in [-0.39, 0.29) is 5.92 Å². The summed E-state index contributed by atoms with van der Waals surface area (Å²) in [4.78, 5) is 0. The molecule has 3 atom stereocenters. The van der Waals surface area contributed by atoms with E-state index in [0.29, 0.717) is 5.92 Å². The van der Waals surface area contributed by atoms with Crippen molar-refractivity contribution in [3.05, 3.63) is 28.8 Å².